The van der Waals surface area contributed by atoms with Gasteiger partial charge in [0.15, 0.2) is 5.58 Å². The molecule has 1 amide bonds. The van der Waals surface area contributed by atoms with Gasteiger partial charge in [-0.15, -0.1) is 12.4 Å². The number of nitrogens with zero attached hydrogens (tertiary/aromatic N) is 2. The minimum Gasteiger partial charge on any atom is -0.408 e. The number of nitrogens with two attached hydrogens (primary N) is 1. The van der Waals surface area contributed by atoms with Crippen LogP contribution in [-0.2, 0) is 11.3 Å². The first-order chi connectivity index (χ1) is 10.5. The molecule has 1 aliphatic rings. The van der Waals surface area contributed by atoms with Crippen LogP contribution in [0, 0.1) is 5.41 Å². The number of carbonyl (C=O) groups excluding carboxylic acids is 1. The van der Waals surface area contributed by atoms with Gasteiger partial charge in [-0.25, -0.2) is 4.79 Å². The number of likely N-dealkylation sites (tertiary alicyclic amines) is 1. The van der Waals surface area contributed by atoms with E-state index in [1.165, 1.54) is 4.57 Å². The fourth-order valence-electron chi connectivity index (χ4n) is 2.99. The van der Waals surface area contributed by atoms with Crippen LogP contribution in [-0.4, -0.2) is 35.0 Å². The van der Waals surface area contributed by atoms with E-state index in [2.05, 4.69) is 6.92 Å². The van der Waals surface area contributed by atoms with Crippen LogP contribution in [0.3, 0.4) is 0 Å². The summed E-state index contributed by atoms with van der Waals surface area (Å²) in [6.45, 7) is 4.47. The van der Waals surface area contributed by atoms with Gasteiger partial charge in [0.1, 0.15) is 0 Å². The van der Waals surface area contributed by atoms with Gasteiger partial charge in [0.25, 0.3) is 0 Å². The average molecular weight is 340 g/mol. The molecule has 1 unspecified atom stereocenters. The molecule has 0 radical (unpaired) electrons. The number of hydrogen-bond donors (Lipinski definition) is 1. The number of carbonyl (C=O) groups is 1. The highest BCUT2D eigenvalue weighted by atomic mass is 35.5. The SMILES string of the molecule is CC1(CN)CCN(C(=O)CCn2c(=O)oc3ccccc32)C1.Cl. The smallest absolute Gasteiger partial charge is 0.408 e. The second-order valence-corrected chi connectivity index (χ2v) is 6.32. The maximum atomic E-state index is 12.3. The summed E-state index contributed by atoms with van der Waals surface area (Å²) in [7, 11) is 0. The summed E-state index contributed by atoms with van der Waals surface area (Å²) in [6.07, 6.45) is 1.23. The minimum absolute atomic E-state index is 0. The number of amides is 1. The van der Waals surface area contributed by atoms with Crippen molar-refractivity contribution in [3.05, 3.63) is 34.8 Å². The Bertz CT molecular complexity index is 754. The van der Waals surface area contributed by atoms with Crippen LogP contribution >= 0.6 is 12.4 Å². The molecule has 6 nitrogen and oxygen atoms in total. The standard InChI is InChI=1S/C16H21N3O3.ClH/c1-16(10-17)7-9-18(11-16)14(20)6-8-19-12-4-2-3-5-13(12)22-15(19)21;/h2-5H,6-11,17H2,1H3;1H. The Labute approximate surface area is 140 Å². The first-order valence-corrected chi connectivity index (χ1v) is 7.59. The monoisotopic (exact) mass is 339 g/mol. The molecule has 0 saturated carbocycles. The van der Waals surface area contributed by atoms with Crippen LogP contribution < -0.4 is 11.5 Å². The van der Waals surface area contributed by atoms with Crippen LogP contribution in [0.5, 0.6) is 0 Å². The number of para-hydroxylation sites is 2. The molecule has 1 saturated heterocycles. The first kappa shape index (κ1) is 17.6. The van der Waals surface area contributed by atoms with Gasteiger partial charge in [0, 0.05) is 26.1 Å². The highest BCUT2D eigenvalue weighted by Gasteiger charge is 2.34. The lowest BCUT2D eigenvalue weighted by Crippen LogP contribution is -2.35. The number of halogens is 1. The second kappa shape index (κ2) is 6.76. The van der Waals surface area contributed by atoms with Crippen LogP contribution in [0.4, 0.5) is 0 Å². The van der Waals surface area contributed by atoms with Crippen LogP contribution in [0.1, 0.15) is 19.8 Å². The molecule has 0 spiro atoms. The van der Waals surface area contributed by atoms with Crippen LogP contribution in [0.15, 0.2) is 33.5 Å². The number of aryl methyl sites for hydroxylation is 1. The fourth-order valence-corrected chi connectivity index (χ4v) is 2.99. The lowest BCUT2D eigenvalue weighted by Gasteiger charge is -2.22. The number of rotatable bonds is 4. The molecule has 7 heteroatoms. The van der Waals surface area contributed by atoms with E-state index in [1.54, 1.807) is 6.07 Å². The molecule has 126 valence electrons. The van der Waals surface area contributed by atoms with Crippen molar-refractivity contribution in [3.63, 3.8) is 0 Å². The Balaban J connectivity index is 0.00000192. The summed E-state index contributed by atoms with van der Waals surface area (Å²) >= 11 is 0. The maximum absolute atomic E-state index is 12.3. The average Bonchev–Trinajstić information content (AvgIpc) is 3.06. The van der Waals surface area contributed by atoms with Gasteiger partial charge in [0.05, 0.1) is 5.52 Å². The third kappa shape index (κ3) is 3.43. The van der Waals surface area contributed by atoms with E-state index in [0.29, 0.717) is 31.6 Å². The maximum Gasteiger partial charge on any atom is 0.419 e. The molecule has 1 aromatic carbocycles. The van der Waals surface area contributed by atoms with Crippen molar-refractivity contribution in [1.29, 1.82) is 0 Å². The van der Waals surface area contributed by atoms with Gasteiger partial charge < -0.3 is 15.1 Å². The van der Waals surface area contributed by atoms with Crippen molar-refractivity contribution in [2.75, 3.05) is 19.6 Å². The van der Waals surface area contributed by atoms with Crippen molar-refractivity contribution in [2.45, 2.75) is 26.3 Å². The van der Waals surface area contributed by atoms with E-state index in [1.807, 2.05) is 23.1 Å². The van der Waals surface area contributed by atoms with Gasteiger partial charge in [0.2, 0.25) is 5.91 Å². The number of aromatic nitrogens is 1. The molecule has 0 aliphatic carbocycles. The van der Waals surface area contributed by atoms with Gasteiger partial charge >= 0.3 is 5.76 Å². The summed E-state index contributed by atoms with van der Waals surface area (Å²) < 4.78 is 6.69. The molecular weight excluding hydrogens is 318 g/mol. The van der Waals surface area contributed by atoms with Gasteiger partial charge in [-0.3, -0.25) is 9.36 Å². The number of oxazole rings is 1. The molecule has 1 aliphatic heterocycles. The molecular formula is C16H22ClN3O3. The fraction of sp³-hybridized carbons (Fsp3) is 0.500. The number of hydrogen-bond acceptors (Lipinski definition) is 4. The molecule has 2 aromatic rings. The lowest BCUT2D eigenvalue weighted by molar-refractivity contribution is -0.130. The molecule has 0 bridgehead atoms. The second-order valence-electron chi connectivity index (χ2n) is 6.32. The van der Waals surface area contributed by atoms with E-state index in [9.17, 15) is 9.59 Å². The van der Waals surface area contributed by atoms with E-state index in [0.717, 1.165) is 18.5 Å². The summed E-state index contributed by atoms with van der Waals surface area (Å²) in [4.78, 5) is 26.1. The Morgan fingerprint density at radius 2 is 2.13 bits per heavy atom. The topological polar surface area (TPSA) is 81.5 Å². The van der Waals surface area contributed by atoms with Crippen LogP contribution in [0.2, 0.25) is 0 Å². The Morgan fingerprint density at radius 1 is 1.39 bits per heavy atom. The predicted molar refractivity (Wildman–Crippen MR) is 90.7 cm³/mol. The van der Waals surface area contributed by atoms with E-state index >= 15 is 0 Å². The Morgan fingerprint density at radius 3 is 2.83 bits per heavy atom. The zero-order valence-electron chi connectivity index (χ0n) is 13.2. The highest BCUT2D eigenvalue weighted by Crippen LogP contribution is 2.28. The van der Waals surface area contributed by atoms with E-state index < -0.39 is 5.76 Å². The first-order valence-electron chi connectivity index (χ1n) is 7.59. The quantitative estimate of drug-likeness (QED) is 0.917. The zero-order chi connectivity index (χ0) is 15.7. The largest absolute Gasteiger partial charge is 0.419 e. The van der Waals surface area contributed by atoms with Crippen molar-refractivity contribution in [1.82, 2.24) is 9.47 Å². The van der Waals surface area contributed by atoms with Gasteiger partial charge in [-0.1, -0.05) is 19.1 Å². The molecule has 1 fully saturated rings. The van der Waals surface area contributed by atoms with E-state index in [-0.39, 0.29) is 23.7 Å². The van der Waals surface area contributed by atoms with Gasteiger partial charge in [-0.05, 0) is 30.5 Å². The molecule has 1 aromatic heterocycles. The van der Waals surface area contributed by atoms with Crippen molar-refractivity contribution in [2.24, 2.45) is 11.1 Å². The highest BCUT2D eigenvalue weighted by molar-refractivity contribution is 5.85. The zero-order valence-corrected chi connectivity index (χ0v) is 14.0. The minimum atomic E-state index is -0.415. The van der Waals surface area contributed by atoms with Crippen molar-refractivity contribution in [3.8, 4) is 0 Å². The lowest BCUT2D eigenvalue weighted by atomic mass is 9.90. The van der Waals surface area contributed by atoms with E-state index in [4.69, 9.17) is 10.2 Å². The van der Waals surface area contributed by atoms with Crippen molar-refractivity contribution >= 4 is 29.4 Å². The molecule has 2 heterocycles. The Hall–Kier alpha value is -1.79. The number of fused-ring (bicyclic) bond motifs is 1. The Kier molecular flexibility index (Phi) is 5.16. The third-order valence-corrected chi connectivity index (χ3v) is 4.53. The number of benzene rings is 1. The third-order valence-electron chi connectivity index (χ3n) is 4.53. The van der Waals surface area contributed by atoms with Gasteiger partial charge in [-0.2, -0.15) is 0 Å². The molecule has 1 atom stereocenters. The normalized spacial score (nSPS) is 20.7. The van der Waals surface area contributed by atoms with Crippen molar-refractivity contribution < 1.29 is 9.21 Å². The molecule has 2 N–H and O–H groups in total. The summed E-state index contributed by atoms with van der Waals surface area (Å²) in [5.41, 5.74) is 7.07. The van der Waals surface area contributed by atoms with Crippen LogP contribution in [0.25, 0.3) is 11.1 Å². The summed E-state index contributed by atoms with van der Waals surface area (Å²) in [6, 6.07) is 7.25. The molecule has 23 heavy (non-hydrogen) atoms. The predicted octanol–water partition coefficient (Wildman–Crippen LogP) is 1.60. The summed E-state index contributed by atoms with van der Waals surface area (Å²) in [5.74, 6) is -0.350. The summed E-state index contributed by atoms with van der Waals surface area (Å²) in [5, 5.41) is 0. The molecule has 3 rings (SSSR count).